The van der Waals surface area contributed by atoms with E-state index in [-0.39, 0.29) is 453 Å². The summed E-state index contributed by atoms with van der Waals surface area (Å²) in [6.07, 6.45) is 0. The summed E-state index contributed by atoms with van der Waals surface area (Å²) in [4.78, 5) is 0. The third-order valence-corrected chi connectivity index (χ3v) is 0. The molecule has 0 nitrogen and oxygen atoms in total. The maximum absolute atomic E-state index is 4.39. The fourth-order valence-corrected chi connectivity index (χ4v) is 0. The molecule has 0 aromatic heterocycles. The fraction of sp³-hybridized carbons (Fsp3) is 0. The summed E-state index contributed by atoms with van der Waals surface area (Å²) in [5.74, 6) is 0. The molecular formula is Ca12ClFe. The Kier molecular flexibility index (Phi) is 555. The summed E-state index contributed by atoms with van der Waals surface area (Å²) in [5, 5.41) is 0. The Morgan fingerprint density at radius 1 is 0.286 bits per heavy atom. The second kappa shape index (κ2) is 88.9. The molecule has 0 radical (unpaired) electrons. The molecule has 0 saturated carbocycles. The molecule has 0 N–H and O–H groups in total. The number of halogens is 1. The molecule has 0 aliphatic rings. The summed E-state index contributed by atoms with van der Waals surface area (Å²) in [7, 11) is 4.39. The van der Waals surface area contributed by atoms with Gasteiger partial charge in [-0.1, -0.05) is 0 Å². The van der Waals surface area contributed by atoms with E-state index in [9.17, 15) is 0 Å². The maximum atomic E-state index is 4.39. The predicted molar refractivity (Wildman–Crippen MR) is 74.9 cm³/mol. The molecule has 0 saturated heterocycles. The van der Waals surface area contributed by atoms with Gasteiger partial charge in [0.15, 0.2) is 0 Å². The first-order valence-electron chi connectivity index (χ1n) is 0.134. The van der Waals surface area contributed by atoms with E-state index in [0.717, 1.165) is 0 Å². The summed E-state index contributed by atoms with van der Waals surface area (Å²) < 4.78 is 0. The van der Waals surface area contributed by atoms with E-state index >= 15 is 0 Å². The zero-order valence-corrected chi connectivity index (χ0v) is 37.6. The van der Waals surface area contributed by atoms with Gasteiger partial charge in [-0.3, -0.25) is 0 Å². The molecule has 14 heteroatoms. The van der Waals surface area contributed by atoms with Crippen LogP contribution in [0.15, 0.2) is 0 Å². The normalized spacial score (nSPS) is 0.500. The molecule has 39 valence electrons. The zero-order chi connectivity index (χ0) is 2.00. The van der Waals surface area contributed by atoms with Gasteiger partial charge in [-0.15, -0.1) is 0 Å². The van der Waals surface area contributed by atoms with Gasteiger partial charge in [0.25, 0.3) is 0 Å². The van der Waals surface area contributed by atoms with E-state index in [0.29, 0.717) is 0 Å². The van der Waals surface area contributed by atoms with Gasteiger partial charge in [0.05, 0.1) is 0 Å². The van der Waals surface area contributed by atoms with Crippen LogP contribution in [0.3, 0.4) is 0 Å². The summed E-state index contributed by atoms with van der Waals surface area (Å²) in [6, 6.07) is 0. The predicted octanol–water partition coefficient (Wildman–Crippen LogP) is -3.88. The van der Waals surface area contributed by atoms with Gasteiger partial charge in [-0.05, 0) is 0 Å². The van der Waals surface area contributed by atoms with E-state index in [4.69, 9.17) is 0 Å². The average molecular weight is 572 g/mol. The minimum atomic E-state index is 0. The zero-order valence-electron chi connectivity index (χ0n) is 9.22. The van der Waals surface area contributed by atoms with Crippen LogP contribution in [0.4, 0.5) is 0 Å². The average Bonchev–Trinajstić information content (AvgIpc) is 1.00. The van der Waals surface area contributed by atoms with Gasteiger partial charge in [0.2, 0.25) is 0 Å². The van der Waals surface area contributed by atoms with Crippen LogP contribution < -0.4 is 0 Å². The first kappa shape index (κ1) is 87.4. The molecule has 0 aliphatic carbocycles. The molecule has 0 spiro atoms. The second-order valence-corrected chi connectivity index (χ2v) is 0. The molecule has 0 bridgehead atoms. The Morgan fingerprint density at radius 3 is 0.286 bits per heavy atom. The van der Waals surface area contributed by atoms with Crippen molar-refractivity contribution in [3.05, 3.63) is 0 Å². The van der Waals surface area contributed by atoms with Crippen LogP contribution in [-0.4, -0.2) is 453 Å². The SMILES string of the molecule is [Ca+2].[Ca+2].[Ca+2].[Ca+2].[Ca+2].[Ca+2].[Ca+2].[Ca+2].[Ca+2].[Ca+2].[Ca+2].[Ca+2].[Cl][Fe-24]. The van der Waals surface area contributed by atoms with Crippen LogP contribution in [0.5, 0.6) is 0 Å². The molecule has 14 heavy (non-hydrogen) atoms. The minimum absolute atomic E-state index is 0. The second-order valence-electron chi connectivity index (χ2n) is 0. The van der Waals surface area contributed by atoms with Gasteiger partial charge in [0, 0.05) is 0 Å². The van der Waals surface area contributed by atoms with Crippen LogP contribution in [0, 0.1) is 0 Å². The van der Waals surface area contributed by atoms with Crippen molar-refractivity contribution in [2.45, 2.75) is 0 Å². The van der Waals surface area contributed by atoms with Crippen LogP contribution >= 0.6 is 10.1 Å². The van der Waals surface area contributed by atoms with Crippen molar-refractivity contribution in [1.29, 1.82) is 0 Å². The Hall–Kier alpha value is 15.9. The quantitative estimate of drug-likeness (QED) is 0.261. The topological polar surface area (TPSA) is 0 Å². The van der Waals surface area contributed by atoms with Crippen molar-refractivity contribution in [2.24, 2.45) is 0 Å². The van der Waals surface area contributed by atoms with E-state index < -0.39 is 0 Å². The van der Waals surface area contributed by atoms with Gasteiger partial charge in [0.1, 0.15) is 0 Å². The van der Waals surface area contributed by atoms with E-state index in [1.54, 1.807) is 0 Å². The van der Waals surface area contributed by atoms with E-state index in [1.807, 2.05) is 0 Å². The van der Waals surface area contributed by atoms with E-state index in [1.165, 1.54) is 0 Å². The fourth-order valence-electron chi connectivity index (χ4n) is 0. The summed E-state index contributed by atoms with van der Waals surface area (Å²) in [6.45, 7) is 0. The van der Waals surface area contributed by atoms with Crippen molar-refractivity contribution in [1.82, 2.24) is 0 Å². The van der Waals surface area contributed by atoms with Crippen molar-refractivity contribution >= 4 is 463 Å². The molecule has 0 amide bonds. The van der Waals surface area contributed by atoms with Crippen LogP contribution in [-0.2, 0) is 15.1 Å². The third kappa shape index (κ3) is 79.8. The standard InChI is InChI=1S/12Ca.ClH.Fe/h;;;;;;;;;;;;1H;/q12*+2;;-23/p-1. The van der Waals surface area contributed by atoms with Gasteiger partial charge in [-0.2, -0.15) is 0 Å². The van der Waals surface area contributed by atoms with Crippen molar-refractivity contribution in [3.63, 3.8) is 0 Å². The van der Waals surface area contributed by atoms with E-state index in [2.05, 4.69) is 25.2 Å². The Bertz CT molecular complexity index is 10.3. The summed E-state index contributed by atoms with van der Waals surface area (Å²) in [5.41, 5.74) is 0. The Labute approximate surface area is 459 Å². The molecule has 0 aromatic rings. The van der Waals surface area contributed by atoms with Crippen molar-refractivity contribution in [2.75, 3.05) is 0 Å². The molecule has 0 atom stereocenters. The number of rotatable bonds is 0. The molecule has 0 aromatic carbocycles. The van der Waals surface area contributed by atoms with Crippen LogP contribution in [0.1, 0.15) is 0 Å². The van der Waals surface area contributed by atoms with Crippen molar-refractivity contribution < 1.29 is 15.1 Å². The molecule has 0 fully saturated rings. The van der Waals surface area contributed by atoms with Gasteiger partial charge >= 0.3 is 478 Å². The van der Waals surface area contributed by atoms with Crippen LogP contribution in [0.2, 0.25) is 0 Å². The molecule has 0 unspecified atom stereocenters. The number of hydrogen-bond donors (Lipinski definition) is 0. The molecule has 0 rings (SSSR count). The number of hydrogen-bond acceptors (Lipinski definition) is 0. The van der Waals surface area contributed by atoms with Gasteiger partial charge < -0.3 is 0 Å². The molecule has 0 aliphatic heterocycles. The van der Waals surface area contributed by atoms with Crippen LogP contribution in [0.25, 0.3) is 0 Å². The monoisotopic (exact) mass is 570 g/mol. The first-order chi connectivity index (χ1) is 1.00. The third-order valence-electron chi connectivity index (χ3n) is 0. The Morgan fingerprint density at radius 2 is 0.286 bits per heavy atom. The first-order valence-corrected chi connectivity index (χ1v) is 1.65. The van der Waals surface area contributed by atoms with Gasteiger partial charge in [-0.25, -0.2) is 0 Å². The Balaban J connectivity index is -0.0000000000758. The van der Waals surface area contributed by atoms with Crippen molar-refractivity contribution in [3.8, 4) is 0 Å². The molecule has 0 heterocycles. The summed E-state index contributed by atoms with van der Waals surface area (Å²) >= 11 is 2.72. The molecular weight excluding hydrogens is 572 g/mol.